The Balaban J connectivity index is 1.22. The van der Waals surface area contributed by atoms with Gasteiger partial charge in [-0.15, -0.1) is 5.06 Å². The van der Waals surface area contributed by atoms with Crippen LogP contribution in [0.25, 0.3) is 0 Å². The van der Waals surface area contributed by atoms with Crippen LogP contribution in [-0.4, -0.2) is 47.0 Å². The van der Waals surface area contributed by atoms with E-state index in [9.17, 15) is 9.18 Å². The van der Waals surface area contributed by atoms with Gasteiger partial charge in [-0.1, -0.05) is 18.2 Å². The SMILES string of the molecule is O=C(Cc1cccnc1)N1CCN(Oc2ccc(OCc3cccc(F)c3)cc2)CC1. The van der Waals surface area contributed by atoms with Crippen molar-refractivity contribution in [3.63, 3.8) is 0 Å². The molecule has 2 heterocycles. The number of hydrogen-bond donors (Lipinski definition) is 0. The zero-order valence-corrected chi connectivity index (χ0v) is 17.1. The molecule has 1 aromatic heterocycles. The van der Waals surface area contributed by atoms with Gasteiger partial charge in [0.2, 0.25) is 5.91 Å². The number of nitrogens with zero attached hydrogens (tertiary/aromatic N) is 3. The maximum Gasteiger partial charge on any atom is 0.227 e. The first-order chi connectivity index (χ1) is 15.2. The number of aromatic nitrogens is 1. The highest BCUT2D eigenvalue weighted by Gasteiger charge is 2.22. The summed E-state index contributed by atoms with van der Waals surface area (Å²) >= 11 is 0. The number of pyridine rings is 1. The molecule has 0 aliphatic carbocycles. The van der Waals surface area contributed by atoms with Crippen molar-refractivity contribution < 1.29 is 18.8 Å². The van der Waals surface area contributed by atoms with E-state index in [0.717, 1.165) is 11.1 Å². The van der Waals surface area contributed by atoms with Gasteiger partial charge in [0.15, 0.2) is 0 Å². The van der Waals surface area contributed by atoms with Crippen LogP contribution in [-0.2, 0) is 17.8 Å². The van der Waals surface area contributed by atoms with E-state index >= 15 is 0 Å². The molecule has 2 aromatic carbocycles. The highest BCUT2D eigenvalue weighted by atomic mass is 19.1. The molecule has 7 heteroatoms. The fraction of sp³-hybridized carbons (Fsp3) is 0.250. The van der Waals surface area contributed by atoms with Gasteiger partial charge in [0.25, 0.3) is 0 Å². The topological polar surface area (TPSA) is 54.9 Å². The van der Waals surface area contributed by atoms with Crippen molar-refractivity contribution in [1.82, 2.24) is 14.9 Å². The average Bonchev–Trinajstić information content (AvgIpc) is 2.80. The van der Waals surface area contributed by atoms with Crippen LogP contribution in [0.4, 0.5) is 4.39 Å². The first-order valence-corrected chi connectivity index (χ1v) is 10.2. The lowest BCUT2D eigenvalue weighted by Gasteiger charge is -2.34. The molecule has 4 rings (SSSR count). The van der Waals surface area contributed by atoms with E-state index in [-0.39, 0.29) is 11.7 Å². The van der Waals surface area contributed by atoms with Gasteiger partial charge < -0.3 is 14.5 Å². The molecule has 0 bridgehead atoms. The van der Waals surface area contributed by atoms with E-state index in [4.69, 9.17) is 9.57 Å². The minimum atomic E-state index is -0.274. The smallest absolute Gasteiger partial charge is 0.227 e. The zero-order valence-electron chi connectivity index (χ0n) is 17.1. The largest absolute Gasteiger partial charge is 0.489 e. The number of carbonyl (C=O) groups excluding carboxylic acids is 1. The Morgan fingerprint density at radius 2 is 1.68 bits per heavy atom. The number of hydroxylamine groups is 2. The lowest BCUT2D eigenvalue weighted by Crippen LogP contribution is -2.50. The fourth-order valence-corrected chi connectivity index (χ4v) is 3.36. The molecule has 1 amide bonds. The van der Waals surface area contributed by atoms with Crippen molar-refractivity contribution in [3.8, 4) is 11.5 Å². The molecule has 160 valence electrons. The fourth-order valence-electron chi connectivity index (χ4n) is 3.36. The average molecular weight is 421 g/mol. The normalized spacial score (nSPS) is 14.3. The summed E-state index contributed by atoms with van der Waals surface area (Å²) in [7, 11) is 0. The van der Waals surface area contributed by atoms with Crippen molar-refractivity contribution >= 4 is 5.91 Å². The van der Waals surface area contributed by atoms with Crippen molar-refractivity contribution in [1.29, 1.82) is 0 Å². The van der Waals surface area contributed by atoms with Crippen molar-refractivity contribution in [3.05, 3.63) is 90.0 Å². The Kier molecular flexibility index (Phi) is 6.74. The quantitative estimate of drug-likeness (QED) is 0.585. The summed E-state index contributed by atoms with van der Waals surface area (Å²) in [5, 5.41) is 1.86. The highest BCUT2D eigenvalue weighted by molar-refractivity contribution is 5.78. The minimum absolute atomic E-state index is 0.104. The Morgan fingerprint density at radius 1 is 0.935 bits per heavy atom. The third-order valence-corrected chi connectivity index (χ3v) is 5.02. The van der Waals surface area contributed by atoms with Gasteiger partial charge in [-0.3, -0.25) is 9.78 Å². The number of halogens is 1. The number of benzene rings is 2. The van der Waals surface area contributed by atoms with Gasteiger partial charge in [0, 0.05) is 25.5 Å². The molecule has 1 aliphatic heterocycles. The van der Waals surface area contributed by atoms with Crippen LogP contribution in [0.3, 0.4) is 0 Å². The molecule has 3 aromatic rings. The molecule has 0 saturated carbocycles. The Bertz CT molecular complexity index is 990. The maximum atomic E-state index is 13.2. The van der Waals surface area contributed by atoms with Gasteiger partial charge in [-0.05, 0) is 53.6 Å². The van der Waals surface area contributed by atoms with E-state index < -0.39 is 0 Å². The predicted molar refractivity (Wildman–Crippen MR) is 114 cm³/mol. The summed E-state index contributed by atoms with van der Waals surface area (Å²) < 4.78 is 18.9. The monoisotopic (exact) mass is 421 g/mol. The van der Waals surface area contributed by atoms with E-state index in [0.29, 0.717) is 50.7 Å². The van der Waals surface area contributed by atoms with Gasteiger partial charge in [0.05, 0.1) is 19.5 Å². The van der Waals surface area contributed by atoms with Crippen LogP contribution in [0, 0.1) is 5.82 Å². The van der Waals surface area contributed by atoms with Gasteiger partial charge in [-0.2, -0.15) is 0 Å². The van der Waals surface area contributed by atoms with E-state index in [1.165, 1.54) is 12.1 Å². The van der Waals surface area contributed by atoms with Gasteiger partial charge in [0.1, 0.15) is 23.9 Å². The number of amides is 1. The third-order valence-electron chi connectivity index (χ3n) is 5.02. The lowest BCUT2D eigenvalue weighted by atomic mass is 10.2. The molecular weight excluding hydrogens is 397 g/mol. The molecule has 1 aliphatic rings. The van der Waals surface area contributed by atoms with Crippen LogP contribution < -0.4 is 9.57 Å². The zero-order chi connectivity index (χ0) is 21.5. The van der Waals surface area contributed by atoms with Crippen LogP contribution in [0.1, 0.15) is 11.1 Å². The highest BCUT2D eigenvalue weighted by Crippen LogP contribution is 2.20. The third kappa shape index (κ3) is 6.02. The second-order valence-electron chi connectivity index (χ2n) is 7.33. The minimum Gasteiger partial charge on any atom is -0.489 e. The number of ether oxygens (including phenoxy) is 1. The summed E-state index contributed by atoms with van der Waals surface area (Å²) in [4.78, 5) is 24.3. The summed E-state index contributed by atoms with van der Waals surface area (Å²) in [6, 6.07) is 17.4. The molecule has 31 heavy (non-hydrogen) atoms. The summed E-state index contributed by atoms with van der Waals surface area (Å²) in [5.41, 5.74) is 1.70. The standard InChI is InChI=1S/C24H24FN3O3/c25-21-5-1-3-20(15-21)18-30-22-6-8-23(9-7-22)31-28-13-11-27(12-14-28)24(29)16-19-4-2-10-26-17-19/h1-10,15,17H,11-14,16,18H2. The molecule has 0 radical (unpaired) electrons. The lowest BCUT2D eigenvalue weighted by molar-refractivity contribution is -0.139. The molecular formula is C24H24FN3O3. The molecule has 1 fully saturated rings. The van der Waals surface area contributed by atoms with Crippen molar-refractivity contribution in [2.45, 2.75) is 13.0 Å². The molecule has 0 spiro atoms. The van der Waals surface area contributed by atoms with Crippen molar-refractivity contribution in [2.75, 3.05) is 26.2 Å². The first kappa shape index (κ1) is 20.8. The van der Waals surface area contributed by atoms with E-state index in [2.05, 4.69) is 4.98 Å². The second kappa shape index (κ2) is 10.0. The number of piperazine rings is 1. The van der Waals surface area contributed by atoms with Crippen LogP contribution in [0.15, 0.2) is 73.1 Å². The van der Waals surface area contributed by atoms with Crippen LogP contribution >= 0.6 is 0 Å². The molecule has 0 N–H and O–H groups in total. The van der Waals surface area contributed by atoms with Crippen LogP contribution in [0.5, 0.6) is 11.5 Å². The maximum absolute atomic E-state index is 13.2. The number of hydrogen-bond acceptors (Lipinski definition) is 5. The second-order valence-corrected chi connectivity index (χ2v) is 7.33. The van der Waals surface area contributed by atoms with E-state index in [1.807, 2.05) is 52.4 Å². The summed E-state index contributed by atoms with van der Waals surface area (Å²) in [5.74, 6) is 1.21. The van der Waals surface area contributed by atoms with Crippen LogP contribution in [0.2, 0.25) is 0 Å². The number of rotatable bonds is 7. The molecule has 0 atom stereocenters. The molecule has 6 nitrogen and oxygen atoms in total. The van der Waals surface area contributed by atoms with Gasteiger partial charge in [-0.25, -0.2) is 4.39 Å². The molecule has 1 saturated heterocycles. The van der Waals surface area contributed by atoms with E-state index in [1.54, 1.807) is 18.5 Å². The molecule has 0 unspecified atom stereocenters. The Labute approximate surface area is 180 Å². The summed E-state index contributed by atoms with van der Waals surface area (Å²) in [6.45, 7) is 2.81. The Morgan fingerprint density at radius 3 is 2.39 bits per heavy atom. The number of carbonyl (C=O) groups is 1. The van der Waals surface area contributed by atoms with Crippen molar-refractivity contribution in [2.24, 2.45) is 0 Å². The summed E-state index contributed by atoms with van der Waals surface area (Å²) in [6.07, 6.45) is 3.79. The Hall–Kier alpha value is -3.45. The predicted octanol–water partition coefficient (Wildman–Crippen LogP) is 3.48. The first-order valence-electron chi connectivity index (χ1n) is 10.2. The van der Waals surface area contributed by atoms with Gasteiger partial charge >= 0.3 is 0 Å².